The summed E-state index contributed by atoms with van der Waals surface area (Å²) in [6, 6.07) is 18.9. The maximum absolute atomic E-state index is 13.5. The van der Waals surface area contributed by atoms with Crippen LogP contribution in [0.4, 0.5) is 0 Å². The first-order chi connectivity index (χ1) is 16.9. The number of hydrogen-bond acceptors (Lipinski definition) is 5. The SMILES string of the molecule is Cn1c(COC(=O)c2c3c(nc4ccccc24)/C(=C/c2ccccc2)CCC3)cc(=O)n(C)c1=O. The summed E-state index contributed by atoms with van der Waals surface area (Å²) in [5, 5.41) is 0.732. The molecular formula is C28H25N3O4. The first-order valence-electron chi connectivity index (χ1n) is 11.5. The number of fused-ring (bicyclic) bond motifs is 2. The van der Waals surface area contributed by atoms with Gasteiger partial charge in [0.15, 0.2) is 0 Å². The Morgan fingerprint density at radius 3 is 2.54 bits per heavy atom. The van der Waals surface area contributed by atoms with Gasteiger partial charge < -0.3 is 4.74 Å². The van der Waals surface area contributed by atoms with E-state index in [4.69, 9.17) is 9.72 Å². The number of allylic oxidation sites excluding steroid dienone is 1. The lowest BCUT2D eigenvalue weighted by Crippen LogP contribution is -2.38. The second kappa shape index (κ2) is 9.18. The Bertz CT molecular complexity index is 1600. The molecule has 0 saturated carbocycles. The van der Waals surface area contributed by atoms with E-state index in [0.29, 0.717) is 17.7 Å². The Kier molecular flexibility index (Phi) is 5.91. The summed E-state index contributed by atoms with van der Waals surface area (Å²) < 4.78 is 8.01. The van der Waals surface area contributed by atoms with Gasteiger partial charge in [-0.05, 0) is 48.1 Å². The lowest BCUT2D eigenvalue weighted by atomic mass is 9.86. The zero-order valence-electron chi connectivity index (χ0n) is 19.7. The van der Waals surface area contributed by atoms with Gasteiger partial charge in [-0.3, -0.25) is 13.9 Å². The Balaban J connectivity index is 1.58. The highest BCUT2D eigenvalue weighted by Crippen LogP contribution is 2.36. The maximum Gasteiger partial charge on any atom is 0.339 e. The third-order valence-electron chi connectivity index (χ3n) is 6.49. The fourth-order valence-electron chi connectivity index (χ4n) is 4.59. The van der Waals surface area contributed by atoms with Crippen molar-refractivity contribution < 1.29 is 9.53 Å². The van der Waals surface area contributed by atoms with E-state index in [1.54, 1.807) is 7.05 Å². The van der Waals surface area contributed by atoms with E-state index in [1.165, 1.54) is 17.7 Å². The molecule has 1 aliphatic rings. The second-order valence-corrected chi connectivity index (χ2v) is 8.72. The molecule has 2 aromatic heterocycles. The molecule has 0 spiro atoms. The van der Waals surface area contributed by atoms with Gasteiger partial charge in [0.25, 0.3) is 5.56 Å². The number of pyridine rings is 1. The summed E-state index contributed by atoms with van der Waals surface area (Å²) in [7, 11) is 2.96. The first kappa shape index (κ1) is 22.5. The van der Waals surface area contributed by atoms with Gasteiger partial charge in [-0.15, -0.1) is 0 Å². The Labute approximate surface area is 201 Å². The predicted octanol–water partition coefficient (Wildman–Crippen LogP) is 3.87. The van der Waals surface area contributed by atoms with Crippen LogP contribution in [0, 0.1) is 0 Å². The summed E-state index contributed by atoms with van der Waals surface area (Å²) in [6.07, 6.45) is 4.62. The van der Waals surface area contributed by atoms with Crippen molar-refractivity contribution in [2.45, 2.75) is 25.9 Å². The Morgan fingerprint density at radius 1 is 1.00 bits per heavy atom. The van der Waals surface area contributed by atoms with E-state index >= 15 is 0 Å². The quantitative estimate of drug-likeness (QED) is 0.426. The molecule has 7 nitrogen and oxygen atoms in total. The van der Waals surface area contributed by atoms with Gasteiger partial charge >= 0.3 is 11.7 Å². The zero-order chi connectivity index (χ0) is 24.5. The summed E-state index contributed by atoms with van der Waals surface area (Å²) in [6.45, 7) is -0.182. The normalized spacial score (nSPS) is 14.2. The molecule has 0 amide bonds. The fourth-order valence-corrected chi connectivity index (χ4v) is 4.59. The molecule has 2 heterocycles. The summed E-state index contributed by atoms with van der Waals surface area (Å²) >= 11 is 0. The lowest BCUT2D eigenvalue weighted by molar-refractivity contribution is 0.0463. The van der Waals surface area contributed by atoms with E-state index in [0.717, 1.165) is 50.7 Å². The van der Waals surface area contributed by atoms with Gasteiger partial charge in [0.2, 0.25) is 0 Å². The summed E-state index contributed by atoms with van der Waals surface area (Å²) in [4.78, 5) is 42.7. The van der Waals surface area contributed by atoms with Crippen molar-refractivity contribution in [1.82, 2.24) is 14.1 Å². The molecular weight excluding hydrogens is 442 g/mol. The molecule has 0 fully saturated rings. The van der Waals surface area contributed by atoms with E-state index in [9.17, 15) is 14.4 Å². The predicted molar refractivity (Wildman–Crippen MR) is 135 cm³/mol. The van der Waals surface area contributed by atoms with Crippen molar-refractivity contribution >= 4 is 28.5 Å². The van der Waals surface area contributed by atoms with Crippen molar-refractivity contribution in [3.8, 4) is 0 Å². The van der Waals surface area contributed by atoms with Gasteiger partial charge in [0.1, 0.15) is 6.61 Å². The molecule has 0 radical (unpaired) electrons. The van der Waals surface area contributed by atoms with Crippen LogP contribution in [0.3, 0.4) is 0 Å². The van der Waals surface area contributed by atoms with Crippen LogP contribution in [-0.4, -0.2) is 20.1 Å². The third-order valence-corrected chi connectivity index (χ3v) is 6.49. The molecule has 1 aliphatic carbocycles. The maximum atomic E-state index is 13.5. The molecule has 5 rings (SSSR count). The van der Waals surface area contributed by atoms with Crippen LogP contribution in [-0.2, 0) is 31.9 Å². The number of carbonyl (C=O) groups excluding carboxylic acids is 1. The number of hydrogen-bond donors (Lipinski definition) is 0. The number of benzene rings is 2. The lowest BCUT2D eigenvalue weighted by Gasteiger charge is -2.22. The average Bonchev–Trinajstić information content (AvgIpc) is 2.88. The highest BCUT2D eigenvalue weighted by Gasteiger charge is 2.26. The van der Waals surface area contributed by atoms with Crippen molar-refractivity contribution in [2.75, 3.05) is 0 Å². The highest BCUT2D eigenvalue weighted by molar-refractivity contribution is 6.06. The van der Waals surface area contributed by atoms with Crippen molar-refractivity contribution in [3.63, 3.8) is 0 Å². The van der Waals surface area contributed by atoms with Gasteiger partial charge in [0, 0.05) is 25.5 Å². The minimum atomic E-state index is -0.492. The van der Waals surface area contributed by atoms with E-state index in [-0.39, 0.29) is 6.61 Å². The number of carbonyl (C=O) groups is 1. The van der Waals surface area contributed by atoms with Crippen LogP contribution in [0.25, 0.3) is 22.6 Å². The molecule has 0 unspecified atom stereocenters. The van der Waals surface area contributed by atoms with Gasteiger partial charge in [0.05, 0.1) is 22.5 Å². The standard InChI is InChI=1S/C28H25N3O4/c1-30-20(16-24(32)31(2)28(30)34)17-35-27(33)25-21-12-6-7-14-23(21)29-26-19(11-8-13-22(25)26)15-18-9-4-3-5-10-18/h3-7,9-10,12,14-16H,8,11,13,17H2,1-2H3/b19-15+. The van der Waals surface area contributed by atoms with Crippen molar-refractivity contribution in [1.29, 1.82) is 0 Å². The molecule has 0 aliphatic heterocycles. The second-order valence-electron chi connectivity index (χ2n) is 8.72. The molecule has 0 atom stereocenters. The van der Waals surface area contributed by atoms with Gasteiger partial charge in [-0.1, -0.05) is 48.5 Å². The van der Waals surface area contributed by atoms with Crippen LogP contribution in [0.2, 0.25) is 0 Å². The summed E-state index contributed by atoms with van der Waals surface area (Å²) in [5.74, 6) is -0.492. The Hall–Kier alpha value is -4.26. The number of ether oxygens (including phenoxy) is 1. The molecule has 2 aromatic carbocycles. The minimum Gasteiger partial charge on any atom is -0.456 e. The molecule has 0 saturated heterocycles. The average molecular weight is 468 g/mol. The number of rotatable bonds is 4. The van der Waals surface area contributed by atoms with Crippen LogP contribution in [0.15, 0.2) is 70.3 Å². The fraction of sp³-hybridized carbons (Fsp3) is 0.214. The Morgan fingerprint density at radius 2 is 1.74 bits per heavy atom. The molecule has 0 N–H and O–H groups in total. The molecule has 176 valence electrons. The third kappa shape index (κ3) is 4.21. The smallest absolute Gasteiger partial charge is 0.339 e. The number of aromatic nitrogens is 3. The van der Waals surface area contributed by atoms with Gasteiger partial charge in [-0.2, -0.15) is 0 Å². The molecule has 35 heavy (non-hydrogen) atoms. The highest BCUT2D eigenvalue weighted by atomic mass is 16.5. The monoisotopic (exact) mass is 467 g/mol. The molecule has 0 bridgehead atoms. The topological polar surface area (TPSA) is 83.2 Å². The van der Waals surface area contributed by atoms with Crippen LogP contribution in [0.1, 0.15) is 45.7 Å². The summed E-state index contributed by atoms with van der Waals surface area (Å²) in [5.41, 5.74) is 4.52. The van der Waals surface area contributed by atoms with E-state index in [1.807, 2.05) is 54.6 Å². The van der Waals surface area contributed by atoms with Crippen LogP contribution >= 0.6 is 0 Å². The van der Waals surface area contributed by atoms with E-state index < -0.39 is 17.2 Å². The van der Waals surface area contributed by atoms with Crippen molar-refractivity contribution in [3.05, 3.63) is 110 Å². The molecule has 7 heteroatoms. The van der Waals surface area contributed by atoms with E-state index in [2.05, 4.69) is 6.08 Å². The largest absolute Gasteiger partial charge is 0.456 e. The van der Waals surface area contributed by atoms with Crippen molar-refractivity contribution in [2.24, 2.45) is 14.1 Å². The molecule has 4 aromatic rings. The van der Waals surface area contributed by atoms with Crippen LogP contribution in [0.5, 0.6) is 0 Å². The first-order valence-corrected chi connectivity index (χ1v) is 11.5. The van der Waals surface area contributed by atoms with Gasteiger partial charge in [-0.25, -0.2) is 14.6 Å². The zero-order valence-corrected chi connectivity index (χ0v) is 19.7. The number of nitrogens with zero attached hydrogens (tertiary/aromatic N) is 3. The number of esters is 1. The number of para-hydroxylation sites is 1. The minimum absolute atomic E-state index is 0.182. The van der Waals surface area contributed by atoms with Crippen LogP contribution < -0.4 is 11.2 Å².